The molecule has 7 nitrogen and oxygen atoms in total. The lowest BCUT2D eigenvalue weighted by Gasteiger charge is -2.21. The van der Waals surface area contributed by atoms with E-state index >= 15 is 0 Å². The molecule has 1 aromatic heterocycles. The van der Waals surface area contributed by atoms with Crippen LogP contribution in [-0.2, 0) is 0 Å². The van der Waals surface area contributed by atoms with E-state index in [2.05, 4.69) is 15.5 Å². The van der Waals surface area contributed by atoms with Crippen LogP contribution in [0.25, 0.3) is 22.9 Å². The van der Waals surface area contributed by atoms with Gasteiger partial charge in [0.25, 0.3) is 5.91 Å². The van der Waals surface area contributed by atoms with Crippen molar-refractivity contribution >= 4 is 5.91 Å². The number of fused-ring (bicyclic) bond motifs is 1. The minimum Gasteiger partial charge on any atom is -0.486 e. The molecule has 5 rings (SSSR count). The smallest absolute Gasteiger partial charge is 0.251 e. The molecule has 1 atom stereocenters. The van der Waals surface area contributed by atoms with Crippen molar-refractivity contribution in [2.75, 3.05) is 13.2 Å². The SMILES string of the molecule is Cc1ccc(-c2nnc(-c3ccc(C(=O)N[C@H](C)c4ccc5c(c4)OCCO5)cc3)o2)cc1. The van der Waals surface area contributed by atoms with E-state index in [0.717, 1.165) is 28.0 Å². The second-order valence-corrected chi connectivity index (χ2v) is 7.95. The van der Waals surface area contributed by atoms with Gasteiger partial charge in [-0.3, -0.25) is 4.79 Å². The summed E-state index contributed by atoms with van der Waals surface area (Å²) in [5.41, 5.74) is 4.26. The van der Waals surface area contributed by atoms with Crippen molar-refractivity contribution in [2.45, 2.75) is 19.9 Å². The van der Waals surface area contributed by atoms with Gasteiger partial charge >= 0.3 is 0 Å². The maximum Gasteiger partial charge on any atom is 0.251 e. The number of hydrogen-bond acceptors (Lipinski definition) is 6. The Morgan fingerprint density at radius 1 is 0.848 bits per heavy atom. The van der Waals surface area contributed by atoms with E-state index < -0.39 is 0 Å². The molecule has 2 heterocycles. The van der Waals surface area contributed by atoms with Gasteiger partial charge in [-0.1, -0.05) is 23.8 Å². The minimum atomic E-state index is -0.194. The van der Waals surface area contributed by atoms with Gasteiger partial charge in [0.2, 0.25) is 11.8 Å². The third kappa shape index (κ3) is 4.43. The van der Waals surface area contributed by atoms with E-state index in [1.807, 2.05) is 56.3 Å². The Balaban J connectivity index is 1.26. The van der Waals surface area contributed by atoms with Crippen LogP contribution < -0.4 is 14.8 Å². The maximum absolute atomic E-state index is 12.8. The molecule has 0 aliphatic carbocycles. The molecule has 1 N–H and O–H groups in total. The third-order valence-corrected chi connectivity index (χ3v) is 5.53. The number of rotatable bonds is 5. The topological polar surface area (TPSA) is 86.5 Å². The van der Waals surface area contributed by atoms with Crippen LogP contribution in [0, 0.1) is 6.92 Å². The van der Waals surface area contributed by atoms with Gasteiger partial charge in [0, 0.05) is 16.7 Å². The first-order chi connectivity index (χ1) is 16.1. The number of aryl methyl sites for hydroxylation is 1. The van der Waals surface area contributed by atoms with Crippen LogP contribution in [0.5, 0.6) is 11.5 Å². The molecule has 0 saturated carbocycles. The van der Waals surface area contributed by atoms with E-state index in [-0.39, 0.29) is 11.9 Å². The highest BCUT2D eigenvalue weighted by Gasteiger charge is 2.17. The van der Waals surface area contributed by atoms with E-state index in [0.29, 0.717) is 36.3 Å². The average molecular weight is 441 g/mol. The van der Waals surface area contributed by atoms with Gasteiger partial charge in [-0.25, -0.2) is 0 Å². The molecule has 0 radical (unpaired) electrons. The molecule has 1 aliphatic heterocycles. The summed E-state index contributed by atoms with van der Waals surface area (Å²) in [4.78, 5) is 12.8. The summed E-state index contributed by atoms with van der Waals surface area (Å²) in [6.07, 6.45) is 0. The zero-order valence-electron chi connectivity index (χ0n) is 18.4. The van der Waals surface area contributed by atoms with Gasteiger partial charge in [-0.2, -0.15) is 0 Å². The quantitative estimate of drug-likeness (QED) is 0.470. The van der Waals surface area contributed by atoms with Crippen molar-refractivity contribution in [1.82, 2.24) is 15.5 Å². The Bertz CT molecular complexity index is 1280. The highest BCUT2D eigenvalue weighted by Crippen LogP contribution is 2.32. The van der Waals surface area contributed by atoms with Gasteiger partial charge in [-0.05, 0) is 67.9 Å². The Morgan fingerprint density at radius 3 is 2.12 bits per heavy atom. The molecular formula is C26H23N3O4. The van der Waals surface area contributed by atoms with Gasteiger partial charge in [0.1, 0.15) is 13.2 Å². The second-order valence-electron chi connectivity index (χ2n) is 7.95. The summed E-state index contributed by atoms with van der Waals surface area (Å²) < 4.78 is 17.0. The number of benzene rings is 3. The van der Waals surface area contributed by atoms with Crippen LogP contribution in [0.1, 0.15) is 34.5 Å². The molecule has 7 heteroatoms. The molecule has 0 unspecified atom stereocenters. The number of nitrogens with one attached hydrogen (secondary N) is 1. The number of hydrogen-bond donors (Lipinski definition) is 1. The lowest BCUT2D eigenvalue weighted by molar-refractivity contribution is 0.0939. The summed E-state index contributed by atoms with van der Waals surface area (Å²) >= 11 is 0. The second kappa shape index (κ2) is 8.78. The Morgan fingerprint density at radius 2 is 1.45 bits per heavy atom. The van der Waals surface area contributed by atoms with Crippen molar-refractivity contribution in [1.29, 1.82) is 0 Å². The normalized spacial score (nSPS) is 13.4. The van der Waals surface area contributed by atoms with Crippen molar-refractivity contribution in [3.8, 4) is 34.4 Å². The van der Waals surface area contributed by atoms with Crippen molar-refractivity contribution < 1.29 is 18.7 Å². The number of ether oxygens (including phenoxy) is 2. The van der Waals surface area contributed by atoms with Crippen molar-refractivity contribution in [3.63, 3.8) is 0 Å². The van der Waals surface area contributed by atoms with Crippen LogP contribution in [0.15, 0.2) is 71.1 Å². The lowest BCUT2D eigenvalue weighted by Crippen LogP contribution is -2.26. The molecular weight excluding hydrogens is 418 g/mol. The first-order valence-electron chi connectivity index (χ1n) is 10.8. The number of amides is 1. The fourth-order valence-electron chi connectivity index (χ4n) is 3.61. The summed E-state index contributed by atoms with van der Waals surface area (Å²) in [7, 11) is 0. The highest BCUT2D eigenvalue weighted by atomic mass is 16.6. The fourth-order valence-corrected chi connectivity index (χ4v) is 3.61. The molecule has 1 aliphatic rings. The third-order valence-electron chi connectivity index (χ3n) is 5.53. The van der Waals surface area contributed by atoms with Crippen LogP contribution in [0.4, 0.5) is 0 Å². The number of carbonyl (C=O) groups is 1. The van der Waals surface area contributed by atoms with Crippen molar-refractivity contribution in [3.05, 3.63) is 83.4 Å². The Kier molecular flexibility index (Phi) is 5.52. The summed E-state index contributed by atoms with van der Waals surface area (Å²) in [6, 6.07) is 20.5. The number of carbonyl (C=O) groups excluding carboxylic acids is 1. The molecule has 0 saturated heterocycles. The highest BCUT2D eigenvalue weighted by molar-refractivity contribution is 5.94. The first-order valence-corrected chi connectivity index (χ1v) is 10.8. The molecule has 4 aromatic rings. The first kappa shape index (κ1) is 20.8. The van der Waals surface area contributed by atoms with Crippen LogP contribution >= 0.6 is 0 Å². The monoisotopic (exact) mass is 441 g/mol. The van der Waals surface area contributed by atoms with Gasteiger partial charge in [0.05, 0.1) is 6.04 Å². The predicted octanol–water partition coefficient (Wildman–Crippen LogP) is 4.97. The zero-order valence-corrected chi connectivity index (χ0v) is 18.4. The molecule has 0 spiro atoms. The molecule has 0 bridgehead atoms. The van der Waals surface area contributed by atoms with Crippen molar-refractivity contribution in [2.24, 2.45) is 0 Å². The Hall–Kier alpha value is -4.13. The van der Waals surface area contributed by atoms with Crippen LogP contribution in [0.3, 0.4) is 0 Å². The minimum absolute atomic E-state index is 0.171. The van der Waals surface area contributed by atoms with E-state index in [4.69, 9.17) is 13.9 Å². The molecule has 166 valence electrons. The van der Waals surface area contributed by atoms with Gasteiger partial charge in [-0.15, -0.1) is 10.2 Å². The average Bonchev–Trinajstić information content (AvgIpc) is 3.34. The molecule has 33 heavy (non-hydrogen) atoms. The number of nitrogens with zero attached hydrogens (tertiary/aromatic N) is 2. The molecule has 3 aromatic carbocycles. The van der Waals surface area contributed by atoms with E-state index in [9.17, 15) is 4.79 Å². The summed E-state index contributed by atoms with van der Waals surface area (Å²) in [6.45, 7) is 5.03. The summed E-state index contributed by atoms with van der Waals surface area (Å²) in [5.74, 6) is 2.12. The fraction of sp³-hybridized carbons (Fsp3) is 0.192. The predicted molar refractivity (Wildman–Crippen MR) is 123 cm³/mol. The molecule has 1 amide bonds. The van der Waals surface area contributed by atoms with Gasteiger partial charge < -0.3 is 19.2 Å². The van der Waals surface area contributed by atoms with E-state index in [1.165, 1.54) is 0 Å². The lowest BCUT2D eigenvalue weighted by atomic mass is 10.1. The Labute approximate surface area is 191 Å². The molecule has 0 fully saturated rings. The van der Waals surface area contributed by atoms with Gasteiger partial charge in [0.15, 0.2) is 11.5 Å². The van der Waals surface area contributed by atoms with E-state index in [1.54, 1.807) is 24.3 Å². The van der Waals surface area contributed by atoms with Crippen LogP contribution in [0.2, 0.25) is 0 Å². The zero-order chi connectivity index (χ0) is 22.8. The largest absolute Gasteiger partial charge is 0.486 e. The standard InChI is InChI=1S/C26H23N3O4/c1-16-3-5-19(6-4-16)25-28-29-26(33-25)20-9-7-18(8-10-20)24(30)27-17(2)21-11-12-22-23(15-21)32-14-13-31-22/h3-12,15,17H,13-14H2,1-2H3,(H,27,30)/t17-/m1/s1. The van der Waals surface area contributed by atoms with Crippen LogP contribution in [-0.4, -0.2) is 29.3 Å². The number of aromatic nitrogens is 2. The maximum atomic E-state index is 12.8. The summed E-state index contributed by atoms with van der Waals surface area (Å²) in [5, 5.41) is 11.3.